The number of nitrogens with zero attached hydrogens (tertiary/aromatic N) is 2. The Morgan fingerprint density at radius 1 is 0.882 bits per heavy atom. The van der Waals surface area contributed by atoms with Gasteiger partial charge < -0.3 is 78.3 Å². The number of halogens is 2. The first-order valence-corrected chi connectivity index (χ1v) is 31.0. The lowest BCUT2D eigenvalue weighted by atomic mass is 9.44. The Morgan fingerprint density at radius 3 is 2.19 bits per heavy atom. The van der Waals surface area contributed by atoms with Gasteiger partial charge in [0, 0.05) is 48.7 Å². The van der Waals surface area contributed by atoms with Crippen molar-refractivity contribution < 1.29 is 96.5 Å². The maximum absolute atomic E-state index is 17.8. The number of likely N-dealkylation sites (N-methyl/N-ethyl adjacent to an activating group) is 2. The lowest BCUT2D eigenvalue weighted by Gasteiger charge is -2.62. The van der Waals surface area contributed by atoms with Gasteiger partial charge in [-0.1, -0.05) is 33.8 Å². The number of alkyl halides is 2. The van der Waals surface area contributed by atoms with Crippen LogP contribution in [0.15, 0.2) is 23.8 Å². The minimum absolute atomic E-state index is 0.0227. The fraction of sp³-hybridized carbons (Fsp3) is 0.873. The van der Waals surface area contributed by atoms with Crippen molar-refractivity contribution >= 4 is 23.7 Å². The standard InChI is InChI=1S/C63H102F2N2O18/c1-17-46-61(12,76)51(71)37(6)67(15)25-20-23-59(10,75)53(35(4)49(36(5)54(73)82-46)84-48-32-60(11,78-16)52(72)38(7)81-48)85-55-50(44(66(13)14)28-34(3)80-55)83-47(70)21-18-19-26-79-56(74)63(77)33(2)27-40-41-30-43(64)42-29-39(68)22-24-57(42,8)62(41,65)45(69)31-58(40,63)9/h22,24,29,33-38,40-41,43-46,48-53,55,69,71-72,75-77H,17-21,23,25-28,30-32H2,1-16H3/t33-,34?,35+,36-,37-,38?,40?,41?,43+,44-,45+,46-,48?,49+,50-,51-,52?,53?,55+,57+,58+,59-,60+,61-,62+,63+/m1/s1. The number of rotatable bonds is 14. The van der Waals surface area contributed by atoms with E-state index >= 15 is 8.78 Å². The van der Waals surface area contributed by atoms with Gasteiger partial charge in [0.1, 0.15) is 30.1 Å². The Morgan fingerprint density at radius 2 is 1.55 bits per heavy atom. The second-order valence-electron chi connectivity index (χ2n) is 27.8. The van der Waals surface area contributed by atoms with Gasteiger partial charge in [0.05, 0.1) is 60.3 Å². The Labute approximate surface area is 501 Å². The van der Waals surface area contributed by atoms with Crippen LogP contribution in [0.3, 0.4) is 0 Å². The highest BCUT2D eigenvalue weighted by atomic mass is 19.1. The number of carbonyl (C=O) groups is 4. The van der Waals surface area contributed by atoms with E-state index in [1.165, 1.54) is 33.1 Å². The lowest BCUT2D eigenvalue weighted by Crippen LogP contribution is -2.70. The van der Waals surface area contributed by atoms with Crippen molar-refractivity contribution in [3.8, 4) is 0 Å². The van der Waals surface area contributed by atoms with Gasteiger partial charge in [-0.25, -0.2) is 13.6 Å². The number of ether oxygens (including phenoxy) is 8. The zero-order valence-electron chi connectivity index (χ0n) is 53.1. The molecule has 3 saturated heterocycles. The van der Waals surface area contributed by atoms with Crippen molar-refractivity contribution in [2.45, 2.75) is 268 Å². The summed E-state index contributed by atoms with van der Waals surface area (Å²) in [6.45, 7) is 20.1. The molecule has 7 unspecified atom stereocenters. The maximum Gasteiger partial charge on any atom is 0.338 e. The molecule has 6 N–H and O–H groups in total. The van der Waals surface area contributed by atoms with E-state index in [1.54, 1.807) is 69.4 Å². The smallest absolute Gasteiger partial charge is 0.338 e. The topological polar surface area (TPSA) is 270 Å². The van der Waals surface area contributed by atoms with Crippen molar-refractivity contribution in [1.29, 1.82) is 0 Å². The number of aliphatic hydroxyl groups is 6. The van der Waals surface area contributed by atoms with Crippen LogP contribution in [-0.4, -0.2) is 219 Å². The number of esters is 3. The average Bonchev–Trinajstić information content (AvgIpc) is 1.67. The van der Waals surface area contributed by atoms with E-state index in [1.807, 2.05) is 30.8 Å². The summed E-state index contributed by atoms with van der Waals surface area (Å²) in [6.07, 6.45) is -9.52. The Hall–Kier alpha value is -3.10. The fourth-order valence-electron chi connectivity index (χ4n) is 16.2. The average molecular weight is 1210 g/mol. The van der Waals surface area contributed by atoms with E-state index in [2.05, 4.69) is 0 Å². The van der Waals surface area contributed by atoms with Crippen LogP contribution in [0.1, 0.15) is 154 Å². The molecule has 0 bridgehead atoms. The second kappa shape index (κ2) is 26.0. The molecule has 486 valence electrons. The zero-order valence-corrected chi connectivity index (χ0v) is 53.1. The number of fused-ring (bicyclic) bond motifs is 5. The van der Waals surface area contributed by atoms with Crippen molar-refractivity contribution in [3.05, 3.63) is 23.8 Å². The van der Waals surface area contributed by atoms with Crippen LogP contribution >= 0.6 is 0 Å². The van der Waals surface area contributed by atoms with Gasteiger partial charge in [0.25, 0.3) is 0 Å². The van der Waals surface area contributed by atoms with Crippen molar-refractivity contribution in [2.24, 2.45) is 40.4 Å². The molecule has 26 atom stereocenters. The third kappa shape index (κ3) is 12.7. The highest BCUT2D eigenvalue weighted by Gasteiger charge is 2.77. The number of ketones is 1. The summed E-state index contributed by atoms with van der Waals surface area (Å²) in [6, 6.07) is -1.09. The van der Waals surface area contributed by atoms with Gasteiger partial charge in [0.15, 0.2) is 35.7 Å². The van der Waals surface area contributed by atoms with Gasteiger partial charge in [-0.2, -0.15) is 0 Å². The zero-order chi connectivity index (χ0) is 63.5. The highest BCUT2D eigenvalue weighted by molar-refractivity contribution is 6.01. The number of unbranched alkanes of at least 4 members (excludes halogenated alkanes) is 1. The van der Waals surface area contributed by atoms with Gasteiger partial charge in [0.2, 0.25) is 0 Å². The Bertz CT molecular complexity index is 2450. The number of hydrogen-bond donors (Lipinski definition) is 6. The predicted octanol–water partition coefficient (Wildman–Crippen LogP) is 5.22. The number of cyclic esters (lactones) is 1. The molecule has 0 aromatic heterocycles. The van der Waals surface area contributed by atoms with Crippen LogP contribution < -0.4 is 0 Å². The summed E-state index contributed by atoms with van der Waals surface area (Å²) in [4.78, 5) is 59.0. The van der Waals surface area contributed by atoms with Crippen LogP contribution in [-0.2, 0) is 57.1 Å². The summed E-state index contributed by atoms with van der Waals surface area (Å²) in [5.74, 6) is -7.45. The van der Waals surface area contributed by atoms with E-state index in [9.17, 15) is 49.8 Å². The molecule has 6 fully saturated rings. The molecule has 0 amide bonds. The second-order valence-corrected chi connectivity index (χ2v) is 27.8. The first-order chi connectivity index (χ1) is 39.4. The fourth-order valence-corrected chi connectivity index (χ4v) is 16.2. The number of carbonyl (C=O) groups excluding carboxylic acids is 4. The number of allylic oxidation sites excluding steroid dienone is 4. The normalized spacial score (nSPS) is 48.4. The maximum atomic E-state index is 17.8. The molecular formula is C63H102F2N2O18. The molecule has 0 spiro atoms. The minimum Gasteiger partial charge on any atom is -0.464 e. The van der Waals surface area contributed by atoms with E-state index in [0.29, 0.717) is 19.4 Å². The molecule has 4 aliphatic carbocycles. The van der Waals surface area contributed by atoms with Gasteiger partial charge in [-0.15, -0.1) is 0 Å². The van der Waals surface area contributed by atoms with Crippen LogP contribution in [0.25, 0.3) is 0 Å². The van der Waals surface area contributed by atoms with Crippen molar-refractivity contribution in [2.75, 3.05) is 41.4 Å². The molecule has 3 heterocycles. The summed E-state index contributed by atoms with van der Waals surface area (Å²) in [5.41, 5.74) is -12.3. The minimum atomic E-state index is -2.39. The Kier molecular flexibility index (Phi) is 21.2. The molecule has 22 heteroatoms. The molecule has 0 aromatic rings. The third-order valence-electron chi connectivity index (χ3n) is 21.8. The first kappa shape index (κ1) is 69.4. The monoisotopic (exact) mass is 1210 g/mol. The summed E-state index contributed by atoms with van der Waals surface area (Å²) >= 11 is 0. The summed E-state index contributed by atoms with van der Waals surface area (Å²) in [5, 5.41) is 71.8. The third-order valence-corrected chi connectivity index (χ3v) is 21.8. The predicted molar refractivity (Wildman–Crippen MR) is 306 cm³/mol. The molecule has 0 aromatic carbocycles. The molecule has 20 nitrogen and oxygen atoms in total. The number of methoxy groups -OCH3 is 1. The SMILES string of the molecule is CC[C@H]1OC(=O)[C@H](C)[C@@H](OC2C[C@](C)(OC)C(O)C(C)O2)[C@H](C)C(O[C@@H]2OC(C)C[C@@H](N(C)C)[C@H]2OC(=O)CCCCOC(=O)[C@@]2(O)[C@H](C)CC3C4C[C@H](F)C5=CC(=O)C=C[C@]5(C)[C@@]4(F)[C@@H](O)C[C@@]32C)[C@](C)(O)CCCN(C)[C@H](C)[C@@H](O)[C@]1(C)O. The van der Waals surface area contributed by atoms with Crippen LogP contribution in [0.5, 0.6) is 0 Å². The Balaban J connectivity index is 1.09. The van der Waals surface area contributed by atoms with Crippen LogP contribution in [0.2, 0.25) is 0 Å². The molecule has 0 radical (unpaired) electrons. The molecule has 7 aliphatic rings. The largest absolute Gasteiger partial charge is 0.464 e. The van der Waals surface area contributed by atoms with Gasteiger partial charge >= 0.3 is 17.9 Å². The summed E-state index contributed by atoms with van der Waals surface area (Å²) < 4.78 is 84.5. The molecule has 3 aliphatic heterocycles. The molecule has 85 heavy (non-hydrogen) atoms. The van der Waals surface area contributed by atoms with Crippen molar-refractivity contribution in [1.82, 2.24) is 9.80 Å². The van der Waals surface area contributed by atoms with E-state index in [-0.39, 0.29) is 70.0 Å². The van der Waals surface area contributed by atoms with Crippen LogP contribution in [0, 0.1) is 40.4 Å². The highest BCUT2D eigenvalue weighted by Crippen LogP contribution is 2.71. The lowest BCUT2D eigenvalue weighted by molar-refractivity contribution is -0.318. The van der Waals surface area contributed by atoms with Gasteiger partial charge in [-0.05, 0) is 170 Å². The number of hydrogen-bond acceptors (Lipinski definition) is 20. The van der Waals surface area contributed by atoms with Crippen molar-refractivity contribution in [3.63, 3.8) is 0 Å². The van der Waals surface area contributed by atoms with Crippen LogP contribution in [0.4, 0.5) is 8.78 Å². The number of aliphatic hydroxyl groups excluding tert-OH is 3. The quantitative estimate of drug-likeness (QED) is 0.0740. The first-order valence-electron chi connectivity index (χ1n) is 31.0. The van der Waals surface area contributed by atoms with Gasteiger partial charge in [-0.3, -0.25) is 14.4 Å². The summed E-state index contributed by atoms with van der Waals surface area (Å²) in [7, 11) is 6.93. The molecule has 3 saturated carbocycles. The molecule has 7 rings (SSSR count). The van der Waals surface area contributed by atoms with E-state index in [4.69, 9.17) is 37.9 Å². The van der Waals surface area contributed by atoms with E-state index in [0.717, 1.165) is 6.08 Å². The van der Waals surface area contributed by atoms with E-state index < -0.39 is 178 Å². The molecular weight excluding hydrogens is 1110 g/mol.